The first-order valence-electron chi connectivity index (χ1n) is 1.72. The highest BCUT2D eigenvalue weighted by atomic mass is 32.7. The molecule has 5 heteroatoms. The van der Waals surface area contributed by atoms with Crippen LogP contribution < -0.4 is 0 Å². The molecule has 0 aromatic heterocycles. The van der Waals surface area contributed by atoms with Gasteiger partial charge in [0.05, 0.1) is 12.8 Å². The highest BCUT2D eigenvalue weighted by molar-refractivity contribution is 8.46. The average Bonchev–Trinajstić information content (AvgIpc) is 1.30. The Morgan fingerprint density at radius 3 is 2.14 bits per heavy atom. The molecule has 0 heterocycles. The lowest BCUT2D eigenvalue weighted by Crippen LogP contribution is -1.87. The molecule has 0 saturated carbocycles. The van der Waals surface area contributed by atoms with Crippen molar-refractivity contribution in [1.82, 2.24) is 0 Å². The van der Waals surface area contributed by atoms with Crippen LogP contribution in [0.25, 0.3) is 0 Å². The molecule has 0 aromatic carbocycles. The summed E-state index contributed by atoms with van der Waals surface area (Å²) >= 11 is 3.29. The summed E-state index contributed by atoms with van der Waals surface area (Å²) in [5, 5.41) is 8.02. The minimum atomic E-state index is -3.22. The summed E-state index contributed by atoms with van der Waals surface area (Å²) in [7, 11) is 0. The Balaban J connectivity index is 3.36. The standard InChI is InChI=1S/C2H7O3PS/c3-1-2-6(4,5)7/h3H,1-2H2,(H2,4,5,7). The molecule has 0 aliphatic heterocycles. The van der Waals surface area contributed by atoms with Crippen LogP contribution in [0.15, 0.2) is 0 Å². The highest BCUT2D eigenvalue weighted by Gasteiger charge is 2.07. The van der Waals surface area contributed by atoms with Gasteiger partial charge < -0.3 is 10.00 Å². The van der Waals surface area contributed by atoms with E-state index in [1.807, 2.05) is 0 Å². The maximum Gasteiger partial charge on any atom is 0.254 e. The van der Waals surface area contributed by atoms with Gasteiger partial charge in [0.1, 0.15) is 0 Å². The van der Waals surface area contributed by atoms with Crippen molar-refractivity contribution in [1.29, 1.82) is 0 Å². The van der Waals surface area contributed by atoms with Crippen LogP contribution in [-0.4, -0.2) is 22.8 Å². The van der Waals surface area contributed by atoms with Gasteiger partial charge in [-0.2, -0.15) is 0 Å². The predicted octanol–water partition coefficient (Wildman–Crippen LogP) is 0.0939. The van der Waals surface area contributed by atoms with Crippen molar-refractivity contribution in [2.75, 3.05) is 12.8 Å². The zero-order valence-corrected chi connectivity index (χ0v) is 5.40. The van der Waals surface area contributed by atoms with Gasteiger partial charge >= 0.3 is 0 Å². The van der Waals surface area contributed by atoms with Gasteiger partial charge in [0.2, 0.25) is 0 Å². The molecule has 44 valence electrons. The van der Waals surface area contributed by atoms with Crippen molar-refractivity contribution in [2.45, 2.75) is 0 Å². The molecule has 0 aliphatic rings. The maximum absolute atomic E-state index is 10.1. The molecule has 1 atom stereocenters. The maximum atomic E-state index is 10.1. The second-order valence-corrected chi connectivity index (χ2v) is 4.76. The molecule has 0 bridgehead atoms. The molecule has 0 saturated heterocycles. The zero-order valence-electron chi connectivity index (χ0n) is 3.61. The van der Waals surface area contributed by atoms with E-state index >= 15 is 0 Å². The lowest BCUT2D eigenvalue weighted by atomic mass is 10.9. The van der Waals surface area contributed by atoms with Crippen molar-refractivity contribution in [2.24, 2.45) is 0 Å². The van der Waals surface area contributed by atoms with Crippen LogP contribution in [0.3, 0.4) is 0 Å². The summed E-state index contributed by atoms with van der Waals surface area (Å²) in [6.45, 7) is -3.50. The van der Waals surface area contributed by atoms with E-state index in [1.54, 1.807) is 0 Å². The lowest BCUT2D eigenvalue weighted by molar-refractivity contribution is 0.316. The van der Waals surface area contributed by atoms with Crippen LogP contribution in [0, 0.1) is 0 Å². The fraction of sp³-hybridized carbons (Fsp3) is 1.00. The Morgan fingerprint density at radius 1 is 1.71 bits per heavy atom. The van der Waals surface area contributed by atoms with Gasteiger partial charge in [-0.15, -0.1) is 0 Å². The van der Waals surface area contributed by atoms with Crippen LogP contribution in [0.5, 0.6) is 0 Å². The van der Waals surface area contributed by atoms with E-state index in [1.165, 1.54) is 0 Å². The SMILES string of the molecule is O=P(O)(S)CCO. The van der Waals surface area contributed by atoms with Crippen LogP contribution in [0.1, 0.15) is 0 Å². The molecule has 0 aromatic rings. The van der Waals surface area contributed by atoms with E-state index in [-0.39, 0.29) is 12.8 Å². The first kappa shape index (κ1) is 7.50. The first-order chi connectivity index (χ1) is 3.06. The Morgan fingerprint density at radius 2 is 2.14 bits per heavy atom. The second kappa shape index (κ2) is 2.72. The fourth-order valence-corrected chi connectivity index (χ4v) is 0.659. The first-order valence-corrected chi connectivity index (χ1v) is 4.71. The third-order valence-electron chi connectivity index (χ3n) is 0.391. The number of hydrogen-bond donors (Lipinski definition) is 3. The average molecular weight is 142 g/mol. The third kappa shape index (κ3) is 6.50. The van der Waals surface area contributed by atoms with Gasteiger partial charge in [0, 0.05) is 0 Å². The normalized spacial score (nSPS) is 18.7. The highest BCUT2D eigenvalue weighted by Crippen LogP contribution is 2.44. The Bertz CT molecular complexity index is 86.9. The number of aliphatic hydroxyl groups excluding tert-OH is 1. The fourth-order valence-electron chi connectivity index (χ4n) is 0.130. The van der Waals surface area contributed by atoms with Crippen LogP contribution in [0.2, 0.25) is 0 Å². The summed E-state index contributed by atoms with van der Waals surface area (Å²) in [4.78, 5) is 8.28. The number of hydrogen-bond acceptors (Lipinski definition) is 2. The van der Waals surface area contributed by atoms with Crippen molar-refractivity contribution in [3.8, 4) is 0 Å². The lowest BCUT2D eigenvalue weighted by Gasteiger charge is -1.96. The molecule has 7 heavy (non-hydrogen) atoms. The molecular formula is C2H7O3PS. The molecule has 0 radical (unpaired) electrons. The molecule has 0 amide bonds. The molecule has 0 spiro atoms. The molecule has 2 N–H and O–H groups in total. The number of thiol groups is 1. The summed E-state index contributed by atoms with van der Waals surface area (Å²) in [5.74, 6) is 0. The predicted molar refractivity (Wildman–Crippen MR) is 30.8 cm³/mol. The Hall–Kier alpha value is 0.500. The van der Waals surface area contributed by atoms with Crippen LogP contribution >= 0.6 is 18.8 Å². The second-order valence-electron chi connectivity index (χ2n) is 1.11. The Kier molecular flexibility index (Phi) is 2.92. The van der Waals surface area contributed by atoms with Gasteiger partial charge in [-0.1, -0.05) is 12.2 Å². The van der Waals surface area contributed by atoms with E-state index in [9.17, 15) is 4.57 Å². The van der Waals surface area contributed by atoms with Crippen LogP contribution in [-0.2, 0) is 4.57 Å². The molecule has 3 nitrogen and oxygen atoms in total. The Labute approximate surface area is 47.0 Å². The topological polar surface area (TPSA) is 57.5 Å². The zero-order chi connectivity index (χ0) is 5.91. The van der Waals surface area contributed by atoms with E-state index in [0.717, 1.165) is 0 Å². The van der Waals surface area contributed by atoms with Crippen molar-refractivity contribution < 1.29 is 14.6 Å². The minimum Gasteiger partial charge on any atom is -0.396 e. The molecule has 0 fully saturated rings. The third-order valence-corrected chi connectivity index (χ3v) is 1.77. The summed E-state index contributed by atoms with van der Waals surface area (Å²) in [6, 6.07) is 0. The quantitative estimate of drug-likeness (QED) is 0.378. The van der Waals surface area contributed by atoms with Crippen molar-refractivity contribution >= 4 is 18.8 Å². The minimum absolute atomic E-state index is 0.129. The summed E-state index contributed by atoms with van der Waals surface area (Å²) in [6.07, 6.45) is -0.129. The summed E-state index contributed by atoms with van der Waals surface area (Å²) in [5.41, 5.74) is 0. The van der Waals surface area contributed by atoms with Gasteiger partial charge in [-0.05, 0) is 0 Å². The van der Waals surface area contributed by atoms with Crippen molar-refractivity contribution in [3.05, 3.63) is 0 Å². The smallest absolute Gasteiger partial charge is 0.254 e. The van der Waals surface area contributed by atoms with Gasteiger partial charge in [-0.25, -0.2) is 0 Å². The van der Waals surface area contributed by atoms with Crippen molar-refractivity contribution in [3.63, 3.8) is 0 Å². The molecular weight excluding hydrogens is 135 g/mol. The molecule has 0 rings (SSSR count). The summed E-state index contributed by atoms with van der Waals surface area (Å²) < 4.78 is 10.1. The number of aliphatic hydroxyl groups is 1. The van der Waals surface area contributed by atoms with E-state index in [4.69, 9.17) is 10.00 Å². The largest absolute Gasteiger partial charge is 0.396 e. The molecule has 0 aliphatic carbocycles. The van der Waals surface area contributed by atoms with Gasteiger partial charge in [-0.3, -0.25) is 4.57 Å². The molecule has 1 unspecified atom stereocenters. The monoisotopic (exact) mass is 142 g/mol. The van der Waals surface area contributed by atoms with E-state index in [0.29, 0.717) is 0 Å². The van der Waals surface area contributed by atoms with Gasteiger partial charge in [0.15, 0.2) is 0 Å². The van der Waals surface area contributed by atoms with Crippen LogP contribution in [0.4, 0.5) is 0 Å². The van der Waals surface area contributed by atoms with E-state index < -0.39 is 6.57 Å². The van der Waals surface area contributed by atoms with Gasteiger partial charge in [0.25, 0.3) is 6.57 Å². The van der Waals surface area contributed by atoms with E-state index in [2.05, 4.69) is 12.2 Å². The number of rotatable bonds is 2.